The van der Waals surface area contributed by atoms with Crippen LogP contribution in [0.1, 0.15) is 18.9 Å². The van der Waals surface area contributed by atoms with E-state index in [9.17, 15) is 4.79 Å². The maximum Gasteiger partial charge on any atom is 0.272 e. The minimum atomic E-state index is -1.08. The number of rotatable bonds is 4. The number of ether oxygens (including phenoxy) is 1. The molecule has 0 spiro atoms. The summed E-state index contributed by atoms with van der Waals surface area (Å²) in [4.78, 5) is 17.9. The Morgan fingerprint density at radius 3 is 2.87 bits per heavy atom. The molecular formula is C16H18N4O3. The first kappa shape index (κ1) is 15.1. The van der Waals surface area contributed by atoms with Gasteiger partial charge < -0.3 is 14.9 Å². The van der Waals surface area contributed by atoms with Crippen molar-refractivity contribution in [2.24, 2.45) is 12.2 Å². The van der Waals surface area contributed by atoms with E-state index in [0.717, 1.165) is 5.56 Å². The van der Waals surface area contributed by atoms with Crippen molar-refractivity contribution in [2.45, 2.75) is 18.9 Å². The summed E-state index contributed by atoms with van der Waals surface area (Å²) in [5.41, 5.74) is 0.429. The van der Waals surface area contributed by atoms with Crippen molar-refractivity contribution in [3.05, 3.63) is 42.1 Å². The Morgan fingerprint density at radius 1 is 1.39 bits per heavy atom. The molecule has 0 saturated heterocycles. The summed E-state index contributed by atoms with van der Waals surface area (Å²) in [5, 5.41) is 11.0. The van der Waals surface area contributed by atoms with Crippen LogP contribution in [0.4, 0.5) is 5.82 Å². The predicted octanol–water partition coefficient (Wildman–Crippen LogP) is 1.95. The normalized spacial score (nSPS) is 19.9. The number of nitrogens with one attached hydrogen (secondary N) is 1. The Balaban J connectivity index is 1.75. The molecule has 2 heterocycles. The number of hydrogen-bond acceptors (Lipinski definition) is 5. The van der Waals surface area contributed by atoms with Crippen molar-refractivity contribution in [1.29, 1.82) is 0 Å². The second-order valence-corrected chi connectivity index (χ2v) is 5.57. The van der Waals surface area contributed by atoms with E-state index in [0.29, 0.717) is 23.7 Å². The molecule has 2 aromatic rings. The standard InChI is InChI=1S/C16H18N4O3/c1-16(15(21)17-14-8-9-20(2)18-14)10-12(19-23-16)11-6-4-5-7-13(11)22-3/h4-9H,10H2,1-3H3,(H,17,18,21). The summed E-state index contributed by atoms with van der Waals surface area (Å²) in [6, 6.07) is 9.23. The predicted molar refractivity (Wildman–Crippen MR) is 85.5 cm³/mol. The largest absolute Gasteiger partial charge is 0.496 e. The van der Waals surface area contributed by atoms with Crippen molar-refractivity contribution < 1.29 is 14.4 Å². The monoisotopic (exact) mass is 314 g/mol. The third kappa shape index (κ3) is 2.90. The van der Waals surface area contributed by atoms with Crippen molar-refractivity contribution in [3.63, 3.8) is 0 Å². The fraction of sp³-hybridized carbons (Fsp3) is 0.312. The van der Waals surface area contributed by atoms with Crippen LogP contribution in [0.25, 0.3) is 0 Å². The highest BCUT2D eigenvalue weighted by molar-refractivity contribution is 6.09. The summed E-state index contributed by atoms with van der Waals surface area (Å²) in [5.74, 6) is 0.891. The molecule has 0 fully saturated rings. The summed E-state index contributed by atoms with van der Waals surface area (Å²) >= 11 is 0. The Labute approximate surface area is 133 Å². The van der Waals surface area contributed by atoms with E-state index in [1.54, 1.807) is 38.0 Å². The van der Waals surface area contributed by atoms with Gasteiger partial charge in [-0.25, -0.2) is 0 Å². The van der Waals surface area contributed by atoms with Crippen LogP contribution in [0, 0.1) is 0 Å². The summed E-state index contributed by atoms with van der Waals surface area (Å²) in [6.45, 7) is 1.71. The molecule has 1 aromatic heterocycles. The average Bonchev–Trinajstić information content (AvgIpc) is 3.14. The summed E-state index contributed by atoms with van der Waals surface area (Å²) in [7, 11) is 3.38. The maximum absolute atomic E-state index is 12.5. The van der Waals surface area contributed by atoms with Gasteiger partial charge in [0, 0.05) is 31.3 Å². The number of carbonyl (C=O) groups is 1. The number of para-hydroxylation sites is 1. The van der Waals surface area contributed by atoms with Crippen LogP contribution in [0.5, 0.6) is 5.75 Å². The van der Waals surface area contributed by atoms with Crippen LogP contribution in [-0.4, -0.2) is 34.1 Å². The van der Waals surface area contributed by atoms with Crippen molar-refractivity contribution in [1.82, 2.24) is 9.78 Å². The molecule has 0 radical (unpaired) electrons. The van der Waals surface area contributed by atoms with Crippen molar-refractivity contribution >= 4 is 17.4 Å². The van der Waals surface area contributed by atoms with Gasteiger partial charge in [0.25, 0.3) is 5.91 Å². The number of amides is 1. The molecule has 7 nitrogen and oxygen atoms in total. The Morgan fingerprint density at radius 2 is 2.17 bits per heavy atom. The number of anilines is 1. The fourth-order valence-corrected chi connectivity index (χ4v) is 2.42. The number of aromatic nitrogens is 2. The molecule has 1 aromatic carbocycles. The molecule has 1 amide bonds. The quantitative estimate of drug-likeness (QED) is 0.935. The number of nitrogens with zero attached hydrogens (tertiary/aromatic N) is 3. The molecule has 23 heavy (non-hydrogen) atoms. The number of benzene rings is 1. The van der Waals surface area contributed by atoms with Gasteiger partial charge in [0.05, 0.1) is 12.8 Å². The van der Waals surface area contributed by atoms with E-state index in [1.807, 2.05) is 24.3 Å². The molecule has 1 atom stereocenters. The van der Waals surface area contributed by atoms with E-state index in [-0.39, 0.29) is 5.91 Å². The fourth-order valence-electron chi connectivity index (χ4n) is 2.42. The smallest absolute Gasteiger partial charge is 0.272 e. The molecular weight excluding hydrogens is 296 g/mol. The highest BCUT2D eigenvalue weighted by atomic mass is 16.7. The lowest BCUT2D eigenvalue weighted by Crippen LogP contribution is -2.40. The second-order valence-electron chi connectivity index (χ2n) is 5.57. The molecule has 0 bridgehead atoms. The van der Waals surface area contributed by atoms with Crippen molar-refractivity contribution in [3.8, 4) is 5.75 Å². The Kier molecular flexibility index (Phi) is 3.77. The lowest BCUT2D eigenvalue weighted by atomic mass is 9.94. The van der Waals surface area contributed by atoms with Crippen LogP contribution in [0.2, 0.25) is 0 Å². The number of carbonyl (C=O) groups excluding carboxylic acids is 1. The molecule has 1 unspecified atom stereocenters. The topological polar surface area (TPSA) is 77.7 Å². The third-order valence-electron chi connectivity index (χ3n) is 3.72. The first-order valence-corrected chi connectivity index (χ1v) is 7.21. The Hall–Kier alpha value is -2.83. The zero-order valence-corrected chi connectivity index (χ0v) is 13.2. The highest BCUT2D eigenvalue weighted by Gasteiger charge is 2.43. The maximum atomic E-state index is 12.5. The third-order valence-corrected chi connectivity index (χ3v) is 3.72. The molecule has 0 aliphatic carbocycles. The van der Waals surface area contributed by atoms with Gasteiger partial charge in [-0.3, -0.25) is 9.48 Å². The van der Waals surface area contributed by atoms with Gasteiger partial charge in [0.1, 0.15) is 5.75 Å². The van der Waals surface area contributed by atoms with E-state index in [2.05, 4.69) is 15.6 Å². The minimum absolute atomic E-state index is 0.287. The van der Waals surface area contributed by atoms with Crippen LogP contribution in [-0.2, 0) is 16.7 Å². The van der Waals surface area contributed by atoms with Gasteiger partial charge in [-0.2, -0.15) is 5.10 Å². The summed E-state index contributed by atoms with van der Waals surface area (Å²) in [6.07, 6.45) is 2.11. The first-order chi connectivity index (χ1) is 11.0. The van der Waals surface area contributed by atoms with Gasteiger partial charge in [-0.05, 0) is 19.1 Å². The number of aryl methyl sites for hydroxylation is 1. The zero-order chi connectivity index (χ0) is 16.4. The van der Waals surface area contributed by atoms with Crippen LogP contribution in [0.3, 0.4) is 0 Å². The van der Waals surface area contributed by atoms with E-state index >= 15 is 0 Å². The van der Waals surface area contributed by atoms with Crippen LogP contribution < -0.4 is 10.1 Å². The van der Waals surface area contributed by atoms with Gasteiger partial charge in [-0.15, -0.1) is 0 Å². The minimum Gasteiger partial charge on any atom is -0.496 e. The average molecular weight is 314 g/mol. The molecule has 3 rings (SSSR count). The summed E-state index contributed by atoms with van der Waals surface area (Å²) < 4.78 is 6.95. The first-order valence-electron chi connectivity index (χ1n) is 7.21. The molecule has 1 N–H and O–H groups in total. The lowest BCUT2D eigenvalue weighted by molar-refractivity contribution is -0.135. The highest BCUT2D eigenvalue weighted by Crippen LogP contribution is 2.31. The number of oxime groups is 1. The van der Waals surface area contributed by atoms with E-state index in [4.69, 9.17) is 9.57 Å². The lowest BCUT2D eigenvalue weighted by Gasteiger charge is -2.19. The Bertz CT molecular complexity index is 768. The second kappa shape index (κ2) is 5.75. The SMILES string of the molecule is COc1ccccc1C1=NOC(C)(C(=O)Nc2ccn(C)n2)C1. The molecule has 7 heteroatoms. The van der Waals surface area contributed by atoms with Crippen LogP contribution >= 0.6 is 0 Å². The number of methoxy groups -OCH3 is 1. The van der Waals surface area contributed by atoms with Crippen LogP contribution in [0.15, 0.2) is 41.7 Å². The molecule has 1 aliphatic heterocycles. The van der Waals surface area contributed by atoms with Gasteiger partial charge in [0.15, 0.2) is 5.82 Å². The molecule has 120 valence electrons. The number of hydrogen-bond donors (Lipinski definition) is 1. The van der Waals surface area contributed by atoms with Gasteiger partial charge in [0.2, 0.25) is 5.60 Å². The van der Waals surface area contributed by atoms with E-state index < -0.39 is 5.60 Å². The van der Waals surface area contributed by atoms with Crippen molar-refractivity contribution in [2.75, 3.05) is 12.4 Å². The zero-order valence-electron chi connectivity index (χ0n) is 13.2. The van der Waals surface area contributed by atoms with Gasteiger partial charge >= 0.3 is 0 Å². The molecule has 0 saturated carbocycles. The van der Waals surface area contributed by atoms with E-state index in [1.165, 1.54) is 0 Å². The van der Waals surface area contributed by atoms with Gasteiger partial charge in [-0.1, -0.05) is 17.3 Å². The molecule has 1 aliphatic rings.